The number of hydrogen-bond acceptors (Lipinski definition) is 4. The Balaban J connectivity index is 2.78. The molecule has 0 aromatic heterocycles. The van der Waals surface area contributed by atoms with Gasteiger partial charge < -0.3 is 0 Å². The molecule has 0 bridgehead atoms. The first-order chi connectivity index (χ1) is 10.1. The normalized spacial score (nSPS) is 13.0. The second-order valence-corrected chi connectivity index (χ2v) is 6.04. The summed E-state index contributed by atoms with van der Waals surface area (Å²) in [7, 11) is 1.00. The van der Waals surface area contributed by atoms with E-state index in [0.717, 1.165) is 19.2 Å². The molecule has 0 unspecified atom stereocenters. The van der Waals surface area contributed by atoms with Gasteiger partial charge in [-0.15, -0.1) is 0 Å². The summed E-state index contributed by atoms with van der Waals surface area (Å²) in [5, 5.41) is 9.31. The molecule has 1 rings (SSSR count). The quantitative estimate of drug-likeness (QED) is 0.850. The van der Waals surface area contributed by atoms with Crippen molar-refractivity contribution in [1.82, 2.24) is 0 Å². The molecule has 1 aromatic rings. The van der Waals surface area contributed by atoms with E-state index in [9.17, 15) is 18.7 Å². The molecule has 22 heavy (non-hydrogen) atoms. The molecule has 0 saturated carbocycles. The van der Waals surface area contributed by atoms with Crippen LogP contribution < -0.4 is 0 Å². The zero-order valence-electron chi connectivity index (χ0n) is 13.2. The Labute approximate surface area is 129 Å². The topological polar surface area (TPSA) is 58.9 Å². The average Bonchev–Trinajstić information content (AvgIpc) is 2.38. The number of carbonyl (C=O) groups excluding carboxylic acids is 1. The number of ether oxygens (including phenoxy) is 1. The summed E-state index contributed by atoms with van der Waals surface area (Å²) in [4.78, 5) is 15.5. The van der Waals surface area contributed by atoms with Crippen LogP contribution in [0.4, 0.5) is 13.6 Å². The van der Waals surface area contributed by atoms with Crippen LogP contribution in [0.15, 0.2) is 17.0 Å². The Kier molecular flexibility index (Phi) is 6.35. The first-order valence-corrected chi connectivity index (χ1v) is 6.94. The van der Waals surface area contributed by atoms with E-state index in [0.29, 0.717) is 11.1 Å². The molecule has 1 aromatic carbocycles. The monoisotopic (exact) mass is 311 g/mol. The van der Waals surface area contributed by atoms with Gasteiger partial charge in [-0.25, -0.2) is 0 Å². The number of hydrogen-bond donors (Lipinski definition) is 1. The van der Waals surface area contributed by atoms with Gasteiger partial charge in [-0.1, -0.05) is 0 Å². The third kappa shape index (κ3) is 6.01. The fraction of sp³-hybridized carbons (Fsp3) is 0.533. The number of nitrogens with zero attached hydrogens (tertiary/aromatic N) is 1. The number of carbonyl (C=O) groups is 1. The molecular formula is C15H20BF2NO3. The van der Waals surface area contributed by atoms with Crippen molar-refractivity contribution in [2.24, 2.45) is 4.90 Å². The first-order valence-electron chi connectivity index (χ1n) is 6.94. The zero-order valence-corrected chi connectivity index (χ0v) is 13.2. The Morgan fingerprint density at radius 1 is 1.36 bits per heavy atom. The second-order valence-electron chi connectivity index (χ2n) is 6.04. The Bertz CT molecular complexity index is 571. The van der Waals surface area contributed by atoms with Gasteiger partial charge >= 0.3 is 129 Å². The molecule has 0 aliphatic heterocycles. The van der Waals surface area contributed by atoms with Gasteiger partial charge in [-0.3, -0.25) is 0 Å². The van der Waals surface area contributed by atoms with E-state index >= 15 is 0 Å². The molecule has 0 spiro atoms. The summed E-state index contributed by atoms with van der Waals surface area (Å²) in [6.07, 6.45) is 0.193. The van der Waals surface area contributed by atoms with E-state index in [1.807, 2.05) is 0 Å². The van der Waals surface area contributed by atoms with Crippen LogP contribution in [0.25, 0.3) is 0 Å². The third-order valence-electron chi connectivity index (χ3n) is 2.84. The van der Waals surface area contributed by atoms with Crippen LogP contribution >= 0.6 is 0 Å². The molecule has 0 amide bonds. The van der Waals surface area contributed by atoms with Crippen LogP contribution in [0.3, 0.4) is 0 Å². The summed E-state index contributed by atoms with van der Waals surface area (Å²) in [5.74, 6) is -2.49. The molecule has 7 heteroatoms. The predicted molar refractivity (Wildman–Crippen MR) is 80.1 cm³/mol. The van der Waals surface area contributed by atoms with Crippen molar-refractivity contribution in [1.29, 1.82) is 0 Å². The summed E-state index contributed by atoms with van der Waals surface area (Å²) < 4.78 is 31.4. The van der Waals surface area contributed by atoms with Gasteiger partial charge in [-0.05, 0) is 0 Å². The van der Waals surface area contributed by atoms with Crippen LogP contribution in [0.2, 0.25) is 0 Å². The van der Waals surface area contributed by atoms with Crippen LogP contribution in [0.5, 0.6) is 0 Å². The van der Waals surface area contributed by atoms with Gasteiger partial charge in [0.15, 0.2) is 0 Å². The van der Waals surface area contributed by atoms with Gasteiger partial charge in [0, 0.05) is 0 Å². The van der Waals surface area contributed by atoms with Crippen molar-refractivity contribution in [3.63, 3.8) is 0 Å². The van der Waals surface area contributed by atoms with Crippen molar-refractivity contribution in [2.75, 3.05) is 6.61 Å². The zero-order chi connectivity index (χ0) is 16.9. The van der Waals surface area contributed by atoms with E-state index in [2.05, 4.69) is 4.90 Å². The number of aliphatic hydroxyl groups excluding tert-OH is 1. The SMILES string of the molecule is Cc1cc(F)c(F)cc1C[C@H](CO)N=BC(=O)OC(C)(C)C. The van der Waals surface area contributed by atoms with E-state index in [-0.39, 0.29) is 13.0 Å². The average molecular weight is 311 g/mol. The first kappa shape index (κ1) is 18.4. The molecule has 120 valence electrons. The Hall–Kier alpha value is -1.63. The molecule has 1 atom stereocenters. The van der Waals surface area contributed by atoms with Gasteiger partial charge in [0.25, 0.3) is 0 Å². The fourth-order valence-electron chi connectivity index (χ4n) is 1.82. The van der Waals surface area contributed by atoms with Gasteiger partial charge in [0.1, 0.15) is 0 Å². The minimum atomic E-state index is -0.951. The second kappa shape index (κ2) is 7.58. The van der Waals surface area contributed by atoms with Crippen molar-refractivity contribution >= 4 is 12.9 Å². The summed E-state index contributed by atoms with van der Waals surface area (Å²) in [5.41, 5.74) is 0.457. The molecule has 0 saturated heterocycles. The number of aryl methyl sites for hydroxylation is 1. The summed E-state index contributed by atoms with van der Waals surface area (Å²) in [6.45, 7) is 6.51. The van der Waals surface area contributed by atoms with Crippen molar-refractivity contribution in [2.45, 2.75) is 45.8 Å². The van der Waals surface area contributed by atoms with Crippen LogP contribution in [0, 0.1) is 18.6 Å². The summed E-state index contributed by atoms with van der Waals surface area (Å²) >= 11 is 0. The minimum absolute atomic E-state index is 0.193. The van der Waals surface area contributed by atoms with E-state index in [4.69, 9.17) is 4.74 Å². The fourth-order valence-corrected chi connectivity index (χ4v) is 1.82. The Morgan fingerprint density at radius 2 is 1.95 bits per heavy atom. The van der Waals surface area contributed by atoms with Gasteiger partial charge in [-0.2, -0.15) is 0 Å². The molecule has 0 aliphatic rings. The van der Waals surface area contributed by atoms with Crippen LogP contribution in [0.1, 0.15) is 31.9 Å². The van der Waals surface area contributed by atoms with Gasteiger partial charge in [0.2, 0.25) is 0 Å². The van der Waals surface area contributed by atoms with Crippen molar-refractivity contribution in [3.8, 4) is 0 Å². The maximum absolute atomic E-state index is 13.3. The van der Waals surface area contributed by atoms with Crippen LogP contribution in [-0.2, 0) is 11.2 Å². The number of benzene rings is 1. The van der Waals surface area contributed by atoms with Crippen molar-refractivity contribution < 1.29 is 23.4 Å². The number of halogens is 2. The predicted octanol–water partition coefficient (Wildman–Crippen LogP) is 3.00. The van der Waals surface area contributed by atoms with Crippen molar-refractivity contribution in [3.05, 3.63) is 34.9 Å². The van der Waals surface area contributed by atoms with Gasteiger partial charge in [0.05, 0.1) is 0 Å². The maximum atomic E-state index is 13.3. The van der Waals surface area contributed by atoms with Crippen LogP contribution in [-0.4, -0.2) is 36.3 Å². The van der Waals surface area contributed by atoms with E-state index in [1.54, 1.807) is 27.7 Å². The molecule has 0 aliphatic carbocycles. The number of rotatable bonds is 5. The molecule has 1 N–H and O–H groups in total. The van der Waals surface area contributed by atoms with E-state index < -0.39 is 29.1 Å². The molecule has 0 heterocycles. The third-order valence-corrected chi connectivity index (χ3v) is 2.84. The number of aliphatic hydroxyl groups is 1. The Morgan fingerprint density at radius 3 is 2.50 bits per heavy atom. The molecule has 0 radical (unpaired) electrons. The standard InChI is InChI=1S/C15H20BF2NO3/c1-9-5-12(17)13(18)7-10(9)6-11(8-20)19-16-14(21)22-15(2,3)4/h5,7,11,20H,6,8H2,1-4H3/t11-/m1/s1. The molecule has 4 nitrogen and oxygen atoms in total. The van der Waals surface area contributed by atoms with E-state index in [1.165, 1.54) is 0 Å². The molecule has 0 fully saturated rings. The molecular weight excluding hydrogens is 291 g/mol. The summed E-state index contributed by atoms with van der Waals surface area (Å²) in [6, 6.07) is 1.54.